The van der Waals surface area contributed by atoms with Gasteiger partial charge in [0.1, 0.15) is 5.78 Å². The van der Waals surface area contributed by atoms with Crippen LogP contribution in [0.15, 0.2) is 12.7 Å². The third-order valence-corrected chi connectivity index (χ3v) is 4.89. The fourth-order valence-corrected chi connectivity index (χ4v) is 3.77. The van der Waals surface area contributed by atoms with Crippen LogP contribution in [0, 0.1) is 17.3 Å². The Morgan fingerprint density at radius 2 is 2.31 bits per heavy atom. The average molecular weight is 220 g/mol. The molecule has 2 aliphatic rings. The molecule has 0 aliphatic heterocycles. The Morgan fingerprint density at radius 3 is 3.06 bits per heavy atom. The van der Waals surface area contributed by atoms with E-state index in [9.17, 15) is 4.79 Å². The lowest BCUT2D eigenvalue weighted by molar-refractivity contribution is -0.126. The molecule has 0 spiro atoms. The molecule has 0 aromatic rings. The largest absolute Gasteiger partial charge is 0.300 e. The van der Waals surface area contributed by atoms with Gasteiger partial charge in [-0.3, -0.25) is 4.79 Å². The van der Waals surface area contributed by atoms with Gasteiger partial charge in [0.05, 0.1) is 0 Å². The zero-order valence-corrected chi connectivity index (χ0v) is 10.5. The maximum Gasteiger partial charge on any atom is 0.133 e. The summed E-state index contributed by atoms with van der Waals surface area (Å²) in [6.45, 7) is 6.23. The third-order valence-electron chi connectivity index (χ3n) is 4.89. The Balaban J connectivity index is 1.96. The molecule has 0 aromatic carbocycles. The number of hydrogen-bond acceptors (Lipinski definition) is 1. The summed E-state index contributed by atoms with van der Waals surface area (Å²) >= 11 is 0. The van der Waals surface area contributed by atoms with Crippen molar-refractivity contribution in [1.82, 2.24) is 0 Å². The van der Waals surface area contributed by atoms with Crippen LogP contribution in [-0.2, 0) is 4.79 Å². The first kappa shape index (κ1) is 11.9. The number of fused-ring (bicyclic) bond motifs is 1. The van der Waals surface area contributed by atoms with E-state index in [1.54, 1.807) is 0 Å². The van der Waals surface area contributed by atoms with Crippen molar-refractivity contribution in [2.24, 2.45) is 17.3 Å². The summed E-state index contributed by atoms with van der Waals surface area (Å²) in [5.41, 5.74) is 0.470. The molecule has 0 radical (unpaired) electrons. The summed E-state index contributed by atoms with van der Waals surface area (Å²) in [5.74, 6) is 2.08. The minimum atomic E-state index is 0.470. The molecule has 2 fully saturated rings. The minimum Gasteiger partial charge on any atom is -0.300 e. The highest BCUT2D eigenvalue weighted by atomic mass is 16.1. The van der Waals surface area contributed by atoms with E-state index in [-0.39, 0.29) is 0 Å². The molecule has 90 valence electrons. The summed E-state index contributed by atoms with van der Waals surface area (Å²) in [6, 6.07) is 0. The fraction of sp³-hybridized carbons (Fsp3) is 0.800. The monoisotopic (exact) mass is 220 g/mol. The van der Waals surface area contributed by atoms with Crippen LogP contribution in [0.1, 0.15) is 58.3 Å². The van der Waals surface area contributed by atoms with Crippen molar-refractivity contribution < 1.29 is 4.79 Å². The van der Waals surface area contributed by atoms with Gasteiger partial charge in [0.2, 0.25) is 0 Å². The maximum atomic E-state index is 11.5. The van der Waals surface area contributed by atoms with E-state index in [2.05, 4.69) is 13.5 Å². The lowest BCUT2D eigenvalue weighted by Gasteiger charge is -2.47. The van der Waals surface area contributed by atoms with Crippen molar-refractivity contribution in [3.8, 4) is 0 Å². The smallest absolute Gasteiger partial charge is 0.133 e. The summed E-state index contributed by atoms with van der Waals surface area (Å²) in [4.78, 5) is 11.5. The topological polar surface area (TPSA) is 17.1 Å². The van der Waals surface area contributed by atoms with Gasteiger partial charge >= 0.3 is 0 Å². The van der Waals surface area contributed by atoms with Crippen molar-refractivity contribution in [3.05, 3.63) is 12.7 Å². The Bertz CT molecular complexity index is 281. The molecule has 2 aliphatic carbocycles. The summed E-state index contributed by atoms with van der Waals surface area (Å²) < 4.78 is 0. The molecule has 0 heterocycles. The van der Waals surface area contributed by atoms with Gasteiger partial charge in [-0.05, 0) is 49.4 Å². The molecule has 0 saturated heterocycles. The van der Waals surface area contributed by atoms with Crippen molar-refractivity contribution in [2.45, 2.75) is 58.3 Å². The quantitative estimate of drug-likeness (QED) is 0.654. The van der Waals surface area contributed by atoms with Gasteiger partial charge in [-0.25, -0.2) is 0 Å². The van der Waals surface area contributed by atoms with Crippen LogP contribution in [0.4, 0.5) is 0 Å². The van der Waals surface area contributed by atoms with E-state index >= 15 is 0 Å². The second kappa shape index (κ2) is 4.73. The van der Waals surface area contributed by atoms with E-state index in [1.165, 1.54) is 25.7 Å². The highest BCUT2D eigenvalue weighted by molar-refractivity contribution is 5.79. The summed E-state index contributed by atoms with van der Waals surface area (Å²) in [5, 5.41) is 0. The van der Waals surface area contributed by atoms with Gasteiger partial charge in [0.15, 0.2) is 0 Å². The molecule has 2 saturated carbocycles. The molecule has 0 aromatic heterocycles. The molecule has 16 heavy (non-hydrogen) atoms. The first-order valence-electron chi connectivity index (χ1n) is 6.76. The molecular weight excluding hydrogens is 196 g/mol. The predicted octanol–water partition coefficient (Wildman–Crippen LogP) is 4.13. The first-order chi connectivity index (χ1) is 7.64. The van der Waals surface area contributed by atoms with Crippen LogP contribution >= 0.6 is 0 Å². The van der Waals surface area contributed by atoms with Crippen molar-refractivity contribution in [1.29, 1.82) is 0 Å². The molecule has 2 unspecified atom stereocenters. The van der Waals surface area contributed by atoms with Crippen molar-refractivity contribution >= 4 is 5.78 Å². The van der Waals surface area contributed by atoms with Crippen LogP contribution in [0.25, 0.3) is 0 Å². The van der Waals surface area contributed by atoms with Gasteiger partial charge in [-0.2, -0.15) is 0 Å². The SMILES string of the molecule is C=CCCC1CCC2CC(=O)CC[C@]2(C)C1. The molecule has 0 amide bonds. The standard InChI is InChI=1S/C15H24O/c1-3-4-5-12-6-7-13-10-14(16)8-9-15(13,2)11-12/h3,12-13H,1,4-11H2,2H3/t12?,13?,15-/m1/s1. The van der Waals surface area contributed by atoms with Crippen molar-refractivity contribution in [3.63, 3.8) is 0 Å². The highest BCUT2D eigenvalue weighted by Crippen LogP contribution is 2.51. The Labute approximate surface area is 99.3 Å². The zero-order valence-electron chi connectivity index (χ0n) is 10.5. The molecule has 1 nitrogen and oxygen atoms in total. The summed E-state index contributed by atoms with van der Waals surface area (Å²) in [6.07, 6.45) is 11.3. The van der Waals surface area contributed by atoms with E-state index in [0.717, 1.165) is 31.6 Å². The van der Waals surface area contributed by atoms with Gasteiger partial charge in [0.25, 0.3) is 0 Å². The van der Waals surface area contributed by atoms with E-state index in [0.29, 0.717) is 17.1 Å². The first-order valence-corrected chi connectivity index (χ1v) is 6.76. The lowest BCUT2D eigenvalue weighted by atomic mass is 9.57. The lowest BCUT2D eigenvalue weighted by Crippen LogP contribution is -2.39. The van der Waals surface area contributed by atoms with Crippen LogP contribution in [0.3, 0.4) is 0 Å². The van der Waals surface area contributed by atoms with Crippen LogP contribution in [-0.4, -0.2) is 5.78 Å². The Morgan fingerprint density at radius 1 is 1.50 bits per heavy atom. The van der Waals surface area contributed by atoms with Crippen LogP contribution < -0.4 is 0 Å². The van der Waals surface area contributed by atoms with Gasteiger partial charge in [-0.1, -0.05) is 19.4 Å². The molecule has 2 rings (SSSR count). The number of Topliss-reactive ketones (excluding diaryl/α,β-unsaturated/α-hetero) is 1. The molecule has 0 N–H and O–H groups in total. The van der Waals surface area contributed by atoms with E-state index in [4.69, 9.17) is 0 Å². The molecular formula is C15H24O. The van der Waals surface area contributed by atoms with Crippen molar-refractivity contribution in [2.75, 3.05) is 0 Å². The minimum absolute atomic E-state index is 0.470. The molecule has 0 bridgehead atoms. The van der Waals surface area contributed by atoms with Gasteiger partial charge < -0.3 is 0 Å². The number of carbonyl (C=O) groups is 1. The number of hydrogen-bond donors (Lipinski definition) is 0. The predicted molar refractivity (Wildman–Crippen MR) is 67.2 cm³/mol. The van der Waals surface area contributed by atoms with Gasteiger partial charge in [-0.15, -0.1) is 6.58 Å². The second-order valence-corrected chi connectivity index (χ2v) is 6.11. The van der Waals surface area contributed by atoms with E-state index < -0.39 is 0 Å². The third kappa shape index (κ3) is 2.39. The molecule has 3 atom stereocenters. The average Bonchev–Trinajstić information content (AvgIpc) is 2.27. The fourth-order valence-electron chi connectivity index (χ4n) is 3.77. The van der Waals surface area contributed by atoms with E-state index in [1.807, 2.05) is 6.08 Å². The molecule has 1 heteroatoms. The Kier molecular flexibility index (Phi) is 3.51. The zero-order chi connectivity index (χ0) is 11.6. The highest BCUT2D eigenvalue weighted by Gasteiger charge is 2.43. The second-order valence-electron chi connectivity index (χ2n) is 6.11. The van der Waals surface area contributed by atoms with Crippen LogP contribution in [0.5, 0.6) is 0 Å². The Hall–Kier alpha value is -0.590. The number of rotatable bonds is 3. The summed E-state index contributed by atoms with van der Waals surface area (Å²) in [7, 11) is 0. The maximum absolute atomic E-state index is 11.5. The normalized spacial score (nSPS) is 39.2. The number of allylic oxidation sites excluding steroid dienone is 1. The number of carbonyl (C=O) groups excluding carboxylic acids is 1. The van der Waals surface area contributed by atoms with Gasteiger partial charge in [0, 0.05) is 12.8 Å². The van der Waals surface area contributed by atoms with Crippen LogP contribution in [0.2, 0.25) is 0 Å². The number of ketones is 1.